The third-order valence-corrected chi connectivity index (χ3v) is 3.78. The summed E-state index contributed by atoms with van der Waals surface area (Å²) in [6, 6.07) is 3.63. The van der Waals surface area contributed by atoms with E-state index < -0.39 is 16.8 Å². The van der Waals surface area contributed by atoms with E-state index in [1.165, 1.54) is 12.1 Å². The summed E-state index contributed by atoms with van der Waals surface area (Å²) < 4.78 is 19.1. The number of nitro groups is 1. The predicted octanol–water partition coefficient (Wildman–Crippen LogP) is 0.859. The molecule has 1 N–H and O–H groups in total. The maximum Gasteiger partial charge on any atom is 0.272 e. The van der Waals surface area contributed by atoms with E-state index in [1.54, 1.807) is 11.9 Å². The van der Waals surface area contributed by atoms with Crippen molar-refractivity contribution >= 4 is 5.69 Å². The van der Waals surface area contributed by atoms with Crippen molar-refractivity contribution in [3.8, 4) is 0 Å². The number of nitro benzene ring substituents is 1. The van der Waals surface area contributed by atoms with E-state index in [9.17, 15) is 19.6 Å². The van der Waals surface area contributed by atoms with Gasteiger partial charge in [0.1, 0.15) is 5.82 Å². The molecule has 0 spiro atoms. The number of likely N-dealkylation sites (N-methyl/N-ethyl adjacent to an activating group) is 1. The van der Waals surface area contributed by atoms with Crippen molar-refractivity contribution in [2.45, 2.75) is 12.6 Å². The summed E-state index contributed by atoms with van der Waals surface area (Å²) in [5.74, 6) is -0.603. The first kappa shape index (κ1) is 17.7. The molecule has 1 atom stereocenters. The summed E-state index contributed by atoms with van der Waals surface area (Å²) in [5.41, 5.74) is 0.109. The fraction of sp³-hybridized carbons (Fsp3) is 0.600. The quantitative estimate of drug-likeness (QED) is 0.591. The standard InChI is InChI=1S/C15H22FN3O4/c1-17(10-14(20)11-18-4-6-23-7-5-18)9-12-2-3-13(19(21)22)8-15(12)16/h2-3,8,14,20H,4-7,9-11H2,1H3. The van der Waals surface area contributed by atoms with Crippen LogP contribution >= 0.6 is 0 Å². The van der Waals surface area contributed by atoms with Gasteiger partial charge in [0, 0.05) is 44.4 Å². The molecule has 0 aliphatic carbocycles. The lowest BCUT2D eigenvalue weighted by Gasteiger charge is -2.30. The van der Waals surface area contributed by atoms with Gasteiger partial charge in [-0.05, 0) is 13.1 Å². The Labute approximate surface area is 134 Å². The van der Waals surface area contributed by atoms with Crippen LogP contribution < -0.4 is 0 Å². The minimum absolute atomic E-state index is 0.263. The molecule has 1 aromatic carbocycles. The Bertz CT molecular complexity index is 537. The highest BCUT2D eigenvalue weighted by atomic mass is 19.1. The summed E-state index contributed by atoms with van der Waals surface area (Å²) in [6.45, 7) is 4.19. The van der Waals surface area contributed by atoms with Crippen molar-refractivity contribution < 1.29 is 19.2 Å². The number of nitrogens with zero attached hydrogens (tertiary/aromatic N) is 3. The predicted molar refractivity (Wildman–Crippen MR) is 82.7 cm³/mol. The summed E-state index contributed by atoms with van der Waals surface area (Å²) >= 11 is 0. The second-order valence-corrected chi connectivity index (χ2v) is 5.80. The lowest BCUT2D eigenvalue weighted by atomic mass is 10.1. The molecule has 1 heterocycles. The Kier molecular flexibility index (Phi) is 6.40. The number of aliphatic hydroxyl groups is 1. The molecule has 128 valence electrons. The van der Waals surface area contributed by atoms with E-state index in [0.29, 0.717) is 31.9 Å². The Morgan fingerprint density at radius 1 is 1.48 bits per heavy atom. The van der Waals surface area contributed by atoms with Crippen LogP contribution in [0.5, 0.6) is 0 Å². The number of morpholine rings is 1. The van der Waals surface area contributed by atoms with E-state index >= 15 is 0 Å². The molecule has 1 saturated heterocycles. The topological polar surface area (TPSA) is 79.1 Å². The largest absolute Gasteiger partial charge is 0.390 e. The van der Waals surface area contributed by atoms with Gasteiger partial charge in [0.25, 0.3) is 5.69 Å². The van der Waals surface area contributed by atoms with Gasteiger partial charge in [-0.1, -0.05) is 0 Å². The van der Waals surface area contributed by atoms with E-state index in [1.807, 2.05) is 0 Å². The molecule has 23 heavy (non-hydrogen) atoms. The van der Waals surface area contributed by atoms with Crippen LogP contribution in [-0.2, 0) is 11.3 Å². The van der Waals surface area contributed by atoms with Gasteiger partial charge in [0.15, 0.2) is 0 Å². The van der Waals surface area contributed by atoms with Crippen molar-refractivity contribution in [1.82, 2.24) is 9.80 Å². The number of ether oxygens (including phenoxy) is 1. The van der Waals surface area contributed by atoms with Crippen LogP contribution in [0.15, 0.2) is 18.2 Å². The SMILES string of the molecule is CN(Cc1ccc([N+](=O)[O-])cc1F)CC(O)CN1CCOCC1. The normalized spacial score (nSPS) is 17.4. The fourth-order valence-electron chi connectivity index (χ4n) is 2.63. The van der Waals surface area contributed by atoms with Gasteiger partial charge in [-0.3, -0.25) is 19.9 Å². The molecule has 1 aromatic rings. The summed E-state index contributed by atoms with van der Waals surface area (Å²) in [4.78, 5) is 13.9. The van der Waals surface area contributed by atoms with Gasteiger partial charge in [-0.2, -0.15) is 0 Å². The first-order valence-corrected chi connectivity index (χ1v) is 7.55. The molecule has 1 aliphatic heterocycles. The van der Waals surface area contributed by atoms with Gasteiger partial charge >= 0.3 is 0 Å². The third-order valence-electron chi connectivity index (χ3n) is 3.78. The molecule has 0 saturated carbocycles. The van der Waals surface area contributed by atoms with E-state index in [0.717, 1.165) is 19.2 Å². The summed E-state index contributed by atoms with van der Waals surface area (Å²) in [7, 11) is 1.78. The third kappa shape index (κ3) is 5.51. The zero-order valence-electron chi connectivity index (χ0n) is 13.2. The summed E-state index contributed by atoms with van der Waals surface area (Å²) in [5, 5.41) is 20.7. The maximum absolute atomic E-state index is 13.9. The number of hydrogen-bond donors (Lipinski definition) is 1. The molecule has 7 nitrogen and oxygen atoms in total. The average Bonchev–Trinajstić information content (AvgIpc) is 2.49. The molecule has 1 fully saturated rings. The van der Waals surface area contributed by atoms with Crippen molar-refractivity contribution in [3.05, 3.63) is 39.7 Å². The van der Waals surface area contributed by atoms with Crippen LogP contribution in [0.3, 0.4) is 0 Å². The van der Waals surface area contributed by atoms with E-state index in [2.05, 4.69) is 4.90 Å². The highest BCUT2D eigenvalue weighted by Gasteiger charge is 2.17. The van der Waals surface area contributed by atoms with Crippen LogP contribution in [0, 0.1) is 15.9 Å². The van der Waals surface area contributed by atoms with Crippen LogP contribution in [0.25, 0.3) is 0 Å². The van der Waals surface area contributed by atoms with Gasteiger partial charge in [0.2, 0.25) is 0 Å². The van der Waals surface area contributed by atoms with Crippen molar-refractivity contribution in [1.29, 1.82) is 0 Å². The van der Waals surface area contributed by atoms with Crippen LogP contribution in [0.4, 0.5) is 10.1 Å². The zero-order valence-corrected chi connectivity index (χ0v) is 13.2. The maximum atomic E-state index is 13.9. The lowest BCUT2D eigenvalue weighted by Crippen LogP contribution is -2.44. The number of halogens is 1. The summed E-state index contributed by atoms with van der Waals surface area (Å²) in [6.07, 6.45) is -0.542. The lowest BCUT2D eigenvalue weighted by molar-refractivity contribution is -0.385. The molecule has 2 rings (SSSR count). The van der Waals surface area contributed by atoms with Gasteiger partial charge in [0.05, 0.1) is 30.3 Å². The molecule has 0 radical (unpaired) electrons. The number of rotatable bonds is 7. The molecule has 1 unspecified atom stereocenters. The molecule has 0 aromatic heterocycles. The molecule has 1 aliphatic rings. The highest BCUT2D eigenvalue weighted by Crippen LogP contribution is 2.17. The Balaban J connectivity index is 1.83. The minimum atomic E-state index is -0.622. The second-order valence-electron chi connectivity index (χ2n) is 5.80. The number of hydrogen-bond acceptors (Lipinski definition) is 6. The Morgan fingerprint density at radius 3 is 2.78 bits per heavy atom. The monoisotopic (exact) mass is 327 g/mol. The second kappa shape index (κ2) is 8.30. The first-order valence-electron chi connectivity index (χ1n) is 7.55. The van der Waals surface area contributed by atoms with Crippen LogP contribution in [-0.4, -0.2) is 72.4 Å². The van der Waals surface area contributed by atoms with Gasteiger partial charge < -0.3 is 9.84 Å². The Morgan fingerprint density at radius 2 is 2.17 bits per heavy atom. The van der Waals surface area contributed by atoms with E-state index in [4.69, 9.17) is 4.74 Å². The number of aliphatic hydroxyl groups excluding tert-OH is 1. The number of β-amino-alcohol motifs (C(OH)–C–C–N with tert-alkyl or cyclic N) is 1. The Hall–Kier alpha value is -1.61. The number of non-ortho nitro benzene ring substituents is 1. The molecule has 0 amide bonds. The van der Waals surface area contributed by atoms with Crippen LogP contribution in [0.2, 0.25) is 0 Å². The zero-order chi connectivity index (χ0) is 16.8. The molecular formula is C15H22FN3O4. The number of benzene rings is 1. The van der Waals surface area contributed by atoms with Crippen molar-refractivity contribution in [2.75, 3.05) is 46.4 Å². The average molecular weight is 327 g/mol. The highest BCUT2D eigenvalue weighted by molar-refractivity contribution is 5.34. The molecular weight excluding hydrogens is 305 g/mol. The first-order chi connectivity index (χ1) is 11.0. The van der Waals surface area contributed by atoms with E-state index in [-0.39, 0.29) is 12.2 Å². The van der Waals surface area contributed by atoms with Crippen LogP contribution in [0.1, 0.15) is 5.56 Å². The molecule has 8 heteroatoms. The molecule has 0 bridgehead atoms. The minimum Gasteiger partial charge on any atom is -0.390 e. The fourth-order valence-corrected chi connectivity index (χ4v) is 2.63. The van der Waals surface area contributed by atoms with Crippen molar-refractivity contribution in [3.63, 3.8) is 0 Å². The smallest absolute Gasteiger partial charge is 0.272 e. The van der Waals surface area contributed by atoms with Crippen molar-refractivity contribution in [2.24, 2.45) is 0 Å². The van der Waals surface area contributed by atoms with Gasteiger partial charge in [-0.15, -0.1) is 0 Å². The van der Waals surface area contributed by atoms with Gasteiger partial charge in [-0.25, -0.2) is 4.39 Å².